The molecule has 1 fully saturated rings. The molecule has 5 nitrogen and oxygen atoms in total. The summed E-state index contributed by atoms with van der Waals surface area (Å²) in [5.74, 6) is 5.57. The topological polar surface area (TPSA) is 67.6 Å². The van der Waals surface area contributed by atoms with E-state index in [9.17, 15) is 4.79 Å². The zero-order valence-corrected chi connectivity index (χ0v) is 12.7. The Labute approximate surface area is 126 Å². The van der Waals surface area contributed by atoms with Crippen LogP contribution in [0.2, 0.25) is 0 Å². The second-order valence-electron chi connectivity index (χ2n) is 5.84. The molecule has 0 spiro atoms. The van der Waals surface area contributed by atoms with Crippen molar-refractivity contribution < 1.29 is 9.53 Å². The van der Waals surface area contributed by atoms with Crippen LogP contribution in [-0.2, 0) is 22.5 Å². The van der Waals surface area contributed by atoms with E-state index in [2.05, 4.69) is 29.5 Å². The van der Waals surface area contributed by atoms with Crippen LogP contribution in [-0.4, -0.2) is 37.6 Å². The van der Waals surface area contributed by atoms with Crippen LogP contribution in [0, 0.1) is 5.92 Å². The average Bonchev–Trinajstić information content (AvgIpc) is 2.50. The monoisotopic (exact) mass is 291 g/mol. The summed E-state index contributed by atoms with van der Waals surface area (Å²) < 4.78 is 5.52. The predicted molar refractivity (Wildman–Crippen MR) is 82.4 cm³/mol. The van der Waals surface area contributed by atoms with E-state index in [1.54, 1.807) is 0 Å². The molecule has 0 saturated carbocycles. The van der Waals surface area contributed by atoms with Crippen LogP contribution >= 0.6 is 0 Å². The van der Waals surface area contributed by atoms with Gasteiger partial charge < -0.3 is 9.64 Å². The number of ether oxygens (including phenoxy) is 1. The lowest BCUT2D eigenvalue weighted by atomic mass is 10.0. The highest BCUT2D eigenvalue weighted by Crippen LogP contribution is 2.16. The minimum absolute atomic E-state index is 0.169. The summed E-state index contributed by atoms with van der Waals surface area (Å²) in [4.78, 5) is 13.5. The Morgan fingerprint density at radius 2 is 2.10 bits per heavy atom. The summed E-state index contributed by atoms with van der Waals surface area (Å²) in [5.41, 5.74) is 4.38. The number of carbonyl (C=O) groups is 1. The molecule has 5 heteroatoms. The van der Waals surface area contributed by atoms with Crippen molar-refractivity contribution in [2.75, 3.05) is 26.8 Å². The third kappa shape index (κ3) is 5.46. The number of hydrazine groups is 1. The third-order valence-corrected chi connectivity index (χ3v) is 3.83. The van der Waals surface area contributed by atoms with Gasteiger partial charge >= 0.3 is 0 Å². The van der Waals surface area contributed by atoms with Crippen molar-refractivity contribution in [2.45, 2.75) is 25.8 Å². The number of rotatable bonds is 6. The van der Waals surface area contributed by atoms with Crippen LogP contribution in [0.4, 0.5) is 0 Å². The normalized spacial score (nSPS) is 18.7. The van der Waals surface area contributed by atoms with Gasteiger partial charge in [0.05, 0.1) is 13.0 Å². The molecule has 116 valence electrons. The summed E-state index contributed by atoms with van der Waals surface area (Å²) >= 11 is 0. The van der Waals surface area contributed by atoms with Gasteiger partial charge in [0.25, 0.3) is 0 Å². The molecule has 1 saturated heterocycles. The maximum Gasteiger partial charge on any atom is 0.238 e. The molecule has 1 unspecified atom stereocenters. The molecule has 0 bridgehead atoms. The van der Waals surface area contributed by atoms with Crippen LogP contribution in [0.25, 0.3) is 0 Å². The number of nitrogens with one attached hydrogen (secondary N) is 1. The molecule has 0 aromatic heterocycles. The number of carbonyl (C=O) groups excluding carboxylic acids is 1. The van der Waals surface area contributed by atoms with Gasteiger partial charge in [-0.1, -0.05) is 24.3 Å². The Hall–Kier alpha value is -1.43. The van der Waals surface area contributed by atoms with E-state index < -0.39 is 0 Å². The molecule has 2 rings (SSSR count). The van der Waals surface area contributed by atoms with E-state index >= 15 is 0 Å². The van der Waals surface area contributed by atoms with Crippen molar-refractivity contribution >= 4 is 5.91 Å². The van der Waals surface area contributed by atoms with Gasteiger partial charge in [-0.3, -0.25) is 10.2 Å². The fourth-order valence-corrected chi connectivity index (χ4v) is 2.77. The lowest BCUT2D eigenvalue weighted by molar-refractivity contribution is -0.120. The summed E-state index contributed by atoms with van der Waals surface area (Å²) in [6.45, 7) is 3.78. The van der Waals surface area contributed by atoms with E-state index in [0.29, 0.717) is 12.3 Å². The number of nitrogens with zero attached hydrogens (tertiary/aromatic N) is 1. The molecule has 0 aliphatic carbocycles. The van der Waals surface area contributed by atoms with Crippen LogP contribution < -0.4 is 11.3 Å². The second-order valence-corrected chi connectivity index (χ2v) is 5.84. The molecule has 1 atom stereocenters. The Balaban J connectivity index is 1.80. The standard InChI is InChI=1S/C16H25N3O2/c1-19(11-15-3-2-8-21-12-15)10-14-6-4-13(5-7-14)9-16(20)18-17/h4-7,15H,2-3,8-12,17H2,1H3,(H,18,20). The van der Waals surface area contributed by atoms with Crippen molar-refractivity contribution in [3.8, 4) is 0 Å². The quantitative estimate of drug-likeness (QED) is 0.467. The number of benzene rings is 1. The first-order chi connectivity index (χ1) is 10.2. The van der Waals surface area contributed by atoms with Crippen molar-refractivity contribution in [3.05, 3.63) is 35.4 Å². The number of hydrogen-bond donors (Lipinski definition) is 2. The van der Waals surface area contributed by atoms with E-state index in [0.717, 1.165) is 31.9 Å². The molecule has 1 aliphatic heterocycles. The maximum atomic E-state index is 11.2. The number of hydrogen-bond acceptors (Lipinski definition) is 4. The zero-order valence-electron chi connectivity index (χ0n) is 12.7. The molecule has 1 amide bonds. The van der Waals surface area contributed by atoms with Gasteiger partial charge in [-0.15, -0.1) is 0 Å². The largest absolute Gasteiger partial charge is 0.381 e. The van der Waals surface area contributed by atoms with Crippen molar-refractivity contribution in [1.29, 1.82) is 0 Å². The minimum Gasteiger partial charge on any atom is -0.381 e. The first-order valence-corrected chi connectivity index (χ1v) is 7.51. The van der Waals surface area contributed by atoms with Crippen molar-refractivity contribution in [2.24, 2.45) is 11.8 Å². The molecule has 3 N–H and O–H groups in total. The molecular formula is C16H25N3O2. The van der Waals surface area contributed by atoms with Gasteiger partial charge in [0.1, 0.15) is 0 Å². The van der Waals surface area contributed by atoms with Gasteiger partial charge in [-0.2, -0.15) is 0 Å². The van der Waals surface area contributed by atoms with Gasteiger partial charge in [0, 0.05) is 19.7 Å². The SMILES string of the molecule is CN(Cc1ccc(CC(=O)NN)cc1)CC1CCCOC1. The van der Waals surface area contributed by atoms with Gasteiger partial charge in [-0.25, -0.2) is 5.84 Å². The number of nitrogens with two attached hydrogens (primary N) is 1. The predicted octanol–water partition coefficient (Wildman–Crippen LogP) is 1.08. The second kappa shape index (κ2) is 8.12. The van der Waals surface area contributed by atoms with Crippen LogP contribution in [0.1, 0.15) is 24.0 Å². The minimum atomic E-state index is -0.169. The highest BCUT2D eigenvalue weighted by Gasteiger charge is 2.15. The van der Waals surface area contributed by atoms with Crippen LogP contribution in [0.5, 0.6) is 0 Å². The van der Waals surface area contributed by atoms with Crippen LogP contribution in [0.3, 0.4) is 0 Å². The lowest BCUT2D eigenvalue weighted by Gasteiger charge is -2.27. The van der Waals surface area contributed by atoms with E-state index in [1.165, 1.54) is 18.4 Å². The fraction of sp³-hybridized carbons (Fsp3) is 0.562. The van der Waals surface area contributed by atoms with E-state index in [-0.39, 0.29) is 5.91 Å². The molecule has 0 radical (unpaired) electrons. The molecule has 1 aromatic carbocycles. The van der Waals surface area contributed by atoms with Crippen LogP contribution in [0.15, 0.2) is 24.3 Å². The summed E-state index contributed by atoms with van der Waals surface area (Å²) in [7, 11) is 2.14. The molecular weight excluding hydrogens is 266 g/mol. The highest BCUT2D eigenvalue weighted by molar-refractivity contribution is 5.77. The first kappa shape index (κ1) is 15.9. The maximum absolute atomic E-state index is 11.2. The molecule has 1 heterocycles. The van der Waals surface area contributed by atoms with E-state index in [4.69, 9.17) is 10.6 Å². The first-order valence-electron chi connectivity index (χ1n) is 7.51. The molecule has 21 heavy (non-hydrogen) atoms. The Bertz CT molecular complexity index is 441. The molecule has 1 aliphatic rings. The Morgan fingerprint density at radius 3 is 2.71 bits per heavy atom. The van der Waals surface area contributed by atoms with Gasteiger partial charge in [0.15, 0.2) is 0 Å². The van der Waals surface area contributed by atoms with Gasteiger partial charge in [0.2, 0.25) is 5.91 Å². The third-order valence-electron chi connectivity index (χ3n) is 3.83. The highest BCUT2D eigenvalue weighted by atomic mass is 16.5. The summed E-state index contributed by atoms with van der Waals surface area (Å²) in [5, 5.41) is 0. The van der Waals surface area contributed by atoms with Crippen molar-refractivity contribution in [1.82, 2.24) is 10.3 Å². The zero-order chi connectivity index (χ0) is 15.1. The fourth-order valence-electron chi connectivity index (χ4n) is 2.77. The summed E-state index contributed by atoms with van der Waals surface area (Å²) in [6, 6.07) is 8.13. The smallest absolute Gasteiger partial charge is 0.238 e. The number of amides is 1. The summed E-state index contributed by atoms with van der Waals surface area (Å²) in [6.07, 6.45) is 2.76. The Morgan fingerprint density at radius 1 is 1.38 bits per heavy atom. The van der Waals surface area contributed by atoms with E-state index in [1.807, 2.05) is 12.1 Å². The average molecular weight is 291 g/mol. The molecule has 1 aromatic rings. The Kier molecular flexibility index (Phi) is 6.17. The lowest BCUT2D eigenvalue weighted by Crippen LogP contribution is -2.31. The van der Waals surface area contributed by atoms with Crippen molar-refractivity contribution in [3.63, 3.8) is 0 Å². The van der Waals surface area contributed by atoms with Gasteiger partial charge in [-0.05, 0) is 36.9 Å².